The van der Waals surface area contributed by atoms with E-state index in [1.165, 1.54) is 11.1 Å². The first-order valence-corrected chi connectivity index (χ1v) is 15.9. The van der Waals surface area contributed by atoms with Crippen LogP contribution in [0.3, 0.4) is 0 Å². The Labute approximate surface area is 250 Å². The summed E-state index contributed by atoms with van der Waals surface area (Å²) in [6, 6.07) is 18.6. The number of hydrogen-bond acceptors (Lipinski definition) is 7. The van der Waals surface area contributed by atoms with Gasteiger partial charge in [-0.2, -0.15) is 5.10 Å². The van der Waals surface area contributed by atoms with E-state index in [0.29, 0.717) is 16.9 Å². The number of aromatic nitrogens is 4. The number of fused-ring (bicyclic) bond motifs is 2. The van der Waals surface area contributed by atoms with Crippen LogP contribution in [0.25, 0.3) is 11.2 Å². The summed E-state index contributed by atoms with van der Waals surface area (Å²) >= 11 is -1.16. The zero-order valence-electron chi connectivity index (χ0n) is 24.3. The molecule has 1 aliphatic carbocycles. The molecule has 0 saturated carbocycles. The summed E-state index contributed by atoms with van der Waals surface area (Å²) in [5.74, 6) is 7.27. The molecule has 1 unspecified atom stereocenters. The van der Waals surface area contributed by atoms with E-state index < -0.39 is 11.4 Å². The highest BCUT2D eigenvalue weighted by Crippen LogP contribution is 2.52. The highest BCUT2D eigenvalue weighted by Gasteiger charge is 2.50. The van der Waals surface area contributed by atoms with E-state index >= 15 is 0 Å². The lowest BCUT2D eigenvalue weighted by molar-refractivity contribution is -0.104. The lowest BCUT2D eigenvalue weighted by Gasteiger charge is -2.44. The van der Waals surface area contributed by atoms with Gasteiger partial charge < -0.3 is 14.2 Å². The van der Waals surface area contributed by atoms with Crippen LogP contribution in [0.5, 0.6) is 0 Å². The average molecular weight is 581 g/mol. The second-order valence-electron chi connectivity index (χ2n) is 12.6. The second kappa shape index (κ2) is 10.7. The highest BCUT2D eigenvalue weighted by molar-refractivity contribution is 7.90. The van der Waals surface area contributed by atoms with Crippen LogP contribution in [-0.2, 0) is 22.5 Å². The average Bonchev–Trinajstić information content (AvgIpc) is 3.46. The van der Waals surface area contributed by atoms with Crippen LogP contribution in [0.2, 0.25) is 0 Å². The van der Waals surface area contributed by atoms with Gasteiger partial charge in [-0.1, -0.05) is 48.4 Å². The van der Waals surface area contributed by atoms with E-state index in [0.717, 1.165) is 56.8 Å². The summed E-state index contributed by atoms with van der Waals surface area (Å²) in [4.78, 5) is 12.2. The first kappa shape index (κ1) is 27.4. The van der Waals surface area contributed by atoms with Crippen LogP contribution in [0.4, 0.5) is 5.82 Å². The Bertz CT molecular complexity index is 1660. The first-order valence-electron chi connectivity index (χ1n) is 14.8. The summed E-state index contributed by atoms with van der Waals surface area (Å²) in [6.07, 6.45) is 5.55. The van der Waals surface area contributed by atoms with Crippen LogP contribution in [0.15, 0.2) is 60.8 Å². The van der Waals surface area contributed by atoms with Crippen LogP contribution in [0.1, 0.15) is 74.7 Å². The molecule has 9 heteroatoms. The van der Waals surface area contributed by atoms with Gasteiger partial charge in [-0.25, -0.2) is 14.6 Å². The fourth-order valence-electron chi connectivity index (χ4n) is 6.31. The largest absolute Gasteiger partial charge is 0.598 e. The number of ether oxygens (including phenoxy) is 1. The van der Waals surface area contributed by atoms with E-state index in [2.05, 4.69) is 45.7 Å². The van der Waals surface area contributed by atoms with Crippen LogP contribution in [0, 0.1) is 17.3 Å². The minimum Gasteiger partial charge on any atom is -0.598 e. The smallest absolute Gasteiger partial charge is 0.182 e. The van der Waals surface area contributed by atoms with Gasteiger partial charge in [0.2, 0.25) is 0 Å². The van der Waals surface area contributed by atoms with Gasteiger partial charge in [0.15, 0.2) is 17.6 Å². The minimum absolute atomic E-state index is 0.0143. The van der Waals surface area contributed by atoms with Crippen molar-refractivity contribution in [1.29, 1.82) is 0 Å². The highest BCUT2D eigenvalue weighted by atomic mass is 32.2. The molecule has 1 spiro atoms. The Morgan fingerprint density at radius 1 is 1.05 bits per heavy atom. The molecule has 2 aliphatic heterocycles. The van der Waals surface area contributed by atoms with Crippen molar-refractivity contribution in [2.45, 2.75) is 63.5 Å². The number of piperidine rings is 1. The van der Waals surface area contributed by atoms with Crippen molar-refractivity contribution < 1.29 is 9.29 Å². The molecule has 1 N–H and O–H groups in total. The maximum absolute atomic E-state index is 13.3. The van der Waals surface area contributed by atoms with Gasteiger partial charge >= 0.3 is 0 Å². The molecule has 216 valence electrons. The fraction of sp³-hybridized carbons (Fsp3) is 0.424. The van der Waals surface area contributed by atoms with Crippen molar-refractivity contribution in [3.05, 3.63) is 83.2 Å². The Morgan fingerprint density at radius 2 is 1.79 bits per heavy atom. The lowest BCUT2D eigenvalue weighted by Crippen LogP contribution is -2.49. The molecule has 3 aliphatic rings. The molecular weight excluding hydrogens is 544 g/mol. The van der Waals surface area contributed by atoms with Crippen molar-refractivity contribution >= 4 is 28.3 Å². The Balaban J connectivity index is 1.16. The van der Waals surface area contributed by atoms with E-state index in [1.54, 1.807) is 0 Å². The van der Waals surface area contributed by atoms with Crippen molar-refractivity contribution in [1.82, 2.24) is 24.5 Å². The third-order valence-corrected chi connectivity index (χ3v) is 10.4. The van der Waals surface area contributed by atoms with Crippen molar-refractivity contribution in [2.75, 3.05) is 24.6 Å². The molecule has 0 amide bonds. The fourth-order valence-corrected chi connectivity index (χ4v) is 7.26. The topological polar surface area (TPSA) is 91.2 Å². The molecule has 3 atom stereocenters. The monoisotopic (exact) mass is 580 g/mol. The van der Waals surface area contributed by atoms with E-state index in [1.807, 2.05) is 62.0 Å². The Morgan fingerprint density at radius 3 is 2.50 bits per heavy atom. The third-order valence-electron chi connectivity index (χ3n) is 8.82. The molecule has 4 heterocycles. The zero-order chi connectivity index (χ0) is 28.9. The van der Waals surface area contributed by atoms with Crippen molar-refractivity contribution in [2.24, 2.45) is 5.41 Å². The molecule has 4 aromatic rings. The predicted molar refractivity (Wildman–Crippen MR) is 165 cm³/mol. The predicted octanol–water partition coefficient (Wildman–Crippen LogP) is 5.08. The number of benzene rings is 2. The SMILES string of the molecule is CC(C)(C)[S+]([O-])N[C@@H]1c2ccccc2CC12CCN(c1cnc3c(C#Cc4ccccc4)nn([C@H]4CCO4)c3n1)CC2. The van der Waals surface area contributed by atoms with Gasteiger partial charge in [-0.05, 0) is 69.2 Å². The van der Waals surface area contributed by atoms with Gasteiger partial charge in [-0.15, -0.1) is 4.72 Å². The molecule has 2 aromatic heterocycles. The molecule has 0 radical (unpaired) electrons. The minimum atomic E-state index is -1.16. The third kappa shape index (κ3) is 4.96. The van der Waals surface area contributed by atoms with Crippen molar-refractivity contribution in [3.63, 3.8) is 0 Å². The van der Waals surface area contributed by atoms with E-state index in [4.69, 9.17) is 19.8 Å². The number of nitrogens with zero attached hydrogens (tertiary/aromatic N) is 5. The van der Waals surface area contributed by atoms with Gasteiger partial charge in [0.25, 0.3) is 0 Å². The van der Waals surface area contributed by atoms with Crippen molar-refractivity contribution in [3.8, 4) is 11.8 Å². The summed E-state index contributed by atoms with van der Waals surface area (Å²) in [5.41, 5.74) is 5.63. The van der Waals surface area contributed by atoms with Crippen LogP contribution < -0.4 is 9.62 Å². The summed E-state index contributed by atoms with van der Waals surface area (Å²) in [5, 5.41) is 4.79. The molecular formula is C33H36N6O2S. The maximum atomic E-state index is 13.3. The summed E-state index contributed by atoms with van der Waals surface area (Å²) in [6.45, 7) is 8.50. The van der Waals surface area contributed by atoms with E-state index in [-0.39, 0.29) is 22.4 Å². The van der Waals surface area contributed by atoms with Gasteiger partial charge in [0, 0.05) is 41.9 Å². The van der Waals surface area contributed by atoms with Gasteiger partial charge in [-0.3, -0.25) is 0 Å². The van der Waals surface area contributed by atoms with E-state index in [9.17, 15) is 4.55 Å². The first-order chi connectivity index (χ1) is 20.3. The number of anilines is 1. The Hall–Kier alpha value is -3.42. The quantitative estimate of drug-likeness (QED) is 0.266. The number of nitrogens with one attached hydrogen (secondary N) is 1. The number of hydrogen-bond donors (Lipinski definition) is 1. The molecule has 2 saturated heterocycles. The molecule has 7 rings (SSSR count). The summed E-state index contributed by atoms with van der Waals surface area (Å²) < 4.78 is 24.1. The molecule has 42 heavy (non-hydrogen) atoms. The maximum Gasteiger partial charge on any atom is 0.182 e. The molecule has 8 nitrogen and oxygen atoms in total. The normalized spacial score (nSPS) is 22.0. The zero-order valence-corrected chi connectivity index (χ0v) is 25.2. The summed E-state index contributed by atoms with van der Waals surface area (Å²) in [7, 11) is 0. The molecule has 2 fully saturated rings. The standard InChI is InChI=1S/C33H36N6O2S/c1-32(2,3)42(40)37-30-25-12-8-7-11-24(25)21-33(30)16-18-38(19-17-33)27-22-34-29-26(14-13-23-9-5-4-6-10-23)36-39(31(29)35-27)28-15-20-41-28/h4-12,22,28,30,37H,15-21H2,1-3H3/t28-,30-,42?/m1/s1. The lowest BCUT2D eigenvalue weighted by atomic mass is 9.73. The van der Waals surface area contributed by atoms with Gasteiger partial charge in [0.1, 0.15) is 16.1 Å². The van der Waals surface area contributed by atoms with Gasteiger partial charge in [0.05, 0.1) is 18.8 Å². The number of rotatable bonds is 4. The molecule has 2 aromatic carbocycles. The van der Waals surface area contributed by atoms with Crippen LogP contribution >= 0.6 is 0 Å². The second-order valence-corrected chi connectivity index (χ2v) is 14.6. The molecule has 0 bridgehead atoms. The van der Waals surface area contributed by atoms with Crippen LogP contribution in [-0.4, -0.2) is 48.7 Å². The Kier molecular flexibility index (Phi) is 6.98.